The number of hydrogen-bond donors (Lipinski definition) is 0. The fourth-order valence-electron chi connectivity index (χ4n) is 2.24. The minimum Gasteiger partial charge on any atom is -0.492 e. The van der Waals surface area contributed by atoms with Crippen molar-refractivity contribution in [3.63, 3.8) is 0 Å². The third kappa shape index (κ3) is 4.08. The number of benzene rings is 1. The van der Waals surface area contributed by atoms with Crippen molar-refractivity contribution in [2.45, 2.75) is 25.4 Å². The zero-order valence-electron chi connectivity index (χ0n) is 11.3. The van der Waals surface area contributed by atoms with Gasteiger partial charge in [0.2, 0.25) is 0 Å². The SMILES string of the molecule is Brc1ccc(OCCN(Cc2cccs2)C2CC2)cc1. The summed E-state index contributed by atoms with van der Waals surface area (Å²) in [5.74, 6) is 0.945. The van der Waals surface area contributed by atoms with Crippen LogP contribution in [0.1, 0.15) is 17.7 Å². The molecule has 1 fully saturated rings. The van der Waals surface area contributed by atoms with Crippen LogP contribution in [0.15, 0.2) is 46.3 Å². The van der Waals surface area contributed by atoms with Gasteiger partial charge >= 0.3 is 0 Å². The van der Waals surface area contributed by atoms with E-state index in [0.717, 1.165) is 36.0 Å². The molecule has 4 heteroatoms. The molecule has 1 aromatic heterocycles. The molecular formula is C16H18BrNOS. The van der Waals surface area contributed by atoms with Crippen molar-refractivity contribution >= 4 is 27.3 Å². The maximum absolute atomic E-state index is 5.83. The average molecular weight is 352 g/mol. The standard InChI is InChI=1S/C16H18BrNOS/c17-13-3-7-15(8-4-13)19-10-9-18(14-5-6-14)12-16-2-1-11-20-16/h1-4,7-8,11,14H,5-6,9-10,12H2. The van der Waals surface area contributed by atoms with Gasteiger partial charge < -0.3 is 4.74 Å². The molecule has 0 saturated heterocycles. The van der Waals surface area contributed by atoms with E-state index in [1.54, 1.807) is 0 Å². The van der Waals surface area contributed by atoms with Gasteiger partial charge in [0.05, 0.1) is 0 Å². The van der Waals surface area contributed by atoms with E-state index < -0.39 is 0 Å². The Kier molecular flexibility index (Phi) is 4.76. The highest BCUT2D eigenvalue weighted by molar-refractivity contribution is 9.10. The lowest BCUT2D eigenvalue weighted by Crippen LogP contribution is -2.29. The minimum absolute atomic E-state index is 0.753. The van der Waals surface area contributed by atoms with Crippen molar-refractivity contribution in [3.8, 4) is 5.75 Å². The lowest BCUT2D eigenvalue weighted by molar-refractivity contribution is 0.196. The molecule has 0 amide bonds. The number of nitrogens with zero attached hydrogens (tertiary/aromatic N) is 1. The minimum atomic E-state index is 0.753. The smallest absolute Gasteiger partial charge is 0.119 e. The molecule has 0 unspecified atom stereocenters. The van der Waals surface area contributed by atoms with E-state index in [9.17, 15) is 0 Å². The molecule has 2 aromatic rings. The van der Waals surface area contributed by atoms with Gasteiger partial charge in [0.25, 0.3) is 0 Å². The summed E-state index contributed by atoms with van der Waals surface area (Å²) in [6, 6.07) is 13.2. The van der Waals surface area contributed by atoms with Crippen LogP contribution in [0.5, 0.6) is 5.75 Å². The van der Waals surface area contributed by atoms with Crippen molar-refractivity contribution in [2.24, 2.45) is 0 Å². The summed E-state index contributed by atoms with van der Waals surface area (Å²) in [6.07, 6.45) is 2.67. The van der Waals surface area contributed by atoms with Gasteiger partial charge in [0.1, 0.15) is 12.4 Å². The summed E-state index contributed by atoms with van der Waals surface area (Å²) in [4.78, 5) is 3.99. The molecule has 0 atom stereocenters. The summed E-state index contributed by atoms with van der Waals surface area (Å²) in [7, 11) is 0. The molecule has 0 spiro atoms. The molecule has 0 radical (unpaired) electrons. The van der Waals surface area contributed by atoms with Crippen molar-refractivity contribution in [1.29, 1.82) is 0 Å². The second-order valence-electron chi connectivity index (χ2n) is 5.08. The third-order valence-corrected chi connectivity index (χ3v) is 4.85. The highest BCUT2D eigenvalue weighted by atomic mass is 79.9. The molecule has 1 aromatic carbocycles. The van der Waals surface area contributed by atoms with E-state index in [1.165, 1.54) is 17.7 Å². The van der Waals surface area contributed by atoms with Gasteiger partial charge in [0.15, 0.2) is 0 Å². The van der Waals surface area contributed by atoms with Crippen LogP contribution in [0.25, 0.3) is 0 Å². The molecule has 0 N–H and O–H groups in total. The van der Waals surface area contributed by atoms with Gasteiger partial charge in [-0.05, 0) is 48.6 Å². The maximum Gasteiger partial charge on any atom is 0.119 e. The monoisotopic (exact) mass is 351 g/mol. The van der Waals surface area contributed by atoms with E-state index in [-0.39, 0.29) is 0 Å². The Morgan fingerprint density at radius 1 is 1.20 bits per heavy atom. The van der Waals surface area contributed by atoms with Crippen molar-refractivity contribution < 1.29 is 4.74 Å². The lowest BCUT2D eigenvalue weighted by Gasteiger charge is -2.21. The normalized spacial score (nSPS) is 14.7. The topological polar surface area (TPSA) is 12.5 Å². The van der Waals surface area contributed by atoms with Gasteiger partial charge in [0, 0.05) is 28.5 Å². The van der Waals surface area contributed by atoms with Gasteiger partial charge in [-0.3, -0.25) is 4.90 Å². The summed E-state index contributed by atoms with van der Waals surface area (Å²) < 4.78 is 6.91. The van der Waals surface area contributed by atoms with Gasteiger partial charge in [-0.25, -0.2) is 0 Å². The zero-order valence-corrected chi connectivity index (χ0v) is 13.7. The fourth-order valence-corrected chi connectivity index (χ4v) is 3.24. The summed E-state index contributed by atoms with van der Waals surface area (Å²) in [5.41, 5.74) is 0. The van der Waals surface area contributed by atoms with Crippen LogP contribution in [0.3, 0.4) is 0 Å². The second kappa shape index (κ2) is 6.74. The number of hydrogen-bond acceptors (Lipinski definition) is 3. The Morgan fingerprint density at radius 2 is 2.00 bits per heavy atom. The molecule has 1 saturated carbocycles. The first kappa shape index (κ1) is 14.1. The molecular weight excluding hydrogens is 334 g/mol. The van der Waals surface area contributed by atoms with E-state index in [2.05, 4.69) is 38.3 Å². The number of halogens is 1. The molecule has 0 bridgehead atoms. The first-order chi connectivity index (χ1) is 9.81. The van der Waals surface area contributed by atoms with Crippen molar-refractivity contribution in [3.05, 3.63) is 51.1 Å². The quantitative estimate of drug-likeness (QED) is 0.725. The third-order valence-electron chi connectivity index (χ3n) is 3.46. The first-order valence-corrected chi connectivity index (χ1v) is 8.63. The van der Waals surface area contributed by atoms with Gasteiger partial charge in [-0.1, -0.05) is 22.0 Å². The van der Waals surface area contributed by atoms with Crippen LogP contribution in [-0.4, -0.2) is 24.1 Å². The van der Waals surface area contributed by atoms with Crippen LogP contribution < -0.4 is 4.74 Å². The fraction of sp³-hybridized carbons (Fsp3) is 0.375. The predicted molar refractivity (Wildman–Crippen MR) is 87.4 cm³/mol. The van der Waals surface area contributed by atoms with E-state index in [4.69, 9.17) is 4.74 Å². The predicted octanol–water partition coefficient (Wildman–Crippen LogP) is 4.55. The number of rotatable bonds is 7. The Balaban J connectivity index is 1.48. The van der Waals surface area contributed by atoms with Gasteiger partial charge in [-0.2, -0.15) is 0 Å². The van der Waals surface area contributed by atoms with Crippen LogP contribution >= 0.6 is 27.3 Å². The molecule has 20 heavy (non-hydrogen) atoms. The summed E-state index contributed by atoms with van der Waals surface area (Å²) in [5, 5.41) is 2.15. The highest BCUT2D eigenvalue weighted by Crippen LogP contribution is 2.29. The summed E-state index contributed by atoms with van der Waals surface area (Å²) in [6.45, 7) is 2.81. The maximum atomic E-state index is 5.83. The van der Waals surface area contributed by atoms with Crippen LogP contribution in [0, 0.1) is 0 Å². The first-order valence-electron chi connectivity index (χ1n) is 6.96. The molecule has 106 valence electrons. The summed E-state index contributed by atoms with van der Waals surface area (Å²) >= 11 is 5.27. The van der Waals surface area contributed by atoms with E-state index >= 15 is 0 Å². The Labute approximate surface area is 132 Å². The Morgan fingerprint density at radius 3 is 2.65 bits per heavy atom. The van der Waals surface area contributed by atoms with Crippen LogP contribution in [0.2, 0.25) is 0 Å². The molecule has 3 rings (SSSR count). The second-order valence-corrected chi connectivity index (χ2v) is 7.03. The molecule has 0 aliphatic heterocycles. The molecule has 1 aliphatic carbocycles. The van der Waals surface area contributed by atoms with Crippen LogP contribution in [0.4, 0.5) is 0 Å². The van der Waals surface area contributed by atoms with Crippen LogP contribution in [-0.2, 0) is 6.54 Å². The number of thiophene rings is 1. The average Bonchev–Trinajstić information content (AvgIpc) is 3.18. The van der Waals surface area contributed by atoms with Gasteiger partial charge in [-0.15, -0.1) is 11.3 Å². The molecule has 2 nitrogen and oxygen atoms in total. The Hall–Kier alpha value is -0.840. The highest BCUT2D eigenvalue weighted by Gasteiger charge is 2.28. The zero-order chi connectivity index (χ0) is 13.8. The van der Waals surface area contributed by atoms with Crippen molar-refractivity contribution in [1.82, 2.24) is 4.90 Å². The molecule has 1 heterocycles. The van der Waals surface area contributed by atoms with E-state index in [0.29, 0.717) is 0 Å². The number of ether oxygens (including phenoxy) is 1. The lowest BCUT2D eigenvalue weighted by atomic mass is 10.3. The molecule has 1 aliphatic rings. The van der Waals surface area contributed by atoms with E-state index in [1.807, 2.05) is 35.6 Å². The largest absolute Gasteiger partial charge is 0.492 e. The Bertz CT molecular complexity index is 522. The van der Waals surface area contributed by atoms with Crippen molar-refractivity contribution in [2.75, 3.05) is 13.2 Å².